The highest BCUT2D eigenvalue weighted by atomic mass is 16.2. The van der Waals surface area contributed by atoms with Gasteiger partial charge in [-0.2, -0.15) is 0 Å². The highest BCUT2D eigenvalue weighted by molar-refractivity contribution is 5.94. The van der Waals surface area contributed by atoms with Gasteiger partial charge in [0.05, 0.1) is 6.04 Å². The lowest BCUT2D eigenvalue weighted by molar-refractivity contribution is -0.118. The predicted octanol–water partition coefficient (Wildman–Crippen LogP) is 3.80. The Morgan fingerprint density at radius 2 is 1.90 bits per heavy atom. The third-order valence-corrected chi connectivity index (χ3v) is 4.74. The summed E-state index contributed by atoms with van der Waals surface area (Å²) in [7, 11) is 0. The zero-order chi connectivity index (χ0) is 15.4. The summed E-state index contributed by atoms with van der Waals surface area (Å²) in [4.78, 5) is 12.3. The standard InChI is InChI=1S/C18H28N2O/c1-12-9-10-16(11-14(12)3)20-18(21)15(4)19-17-8-6-5-7-13(17)2/h9-11,13,15,17,19H,5-8H2,1-4H3,(H,20,21). The zero-order valence-corrected chi connectivity index (χ0v) is 13.7. The molecule has 0 heterocycles. The van der Waals surface area contributed by atoms with E-state index in [1.54, 1.807) is 0 Å². The Morgan fingerprint density at radius 1 is 1.19 bits per heavy atom. The van der Waals surface area contributed by atoms with Crippen molar-refractivity contribution < 1.29 is 4.79 Å². The van der Waals surface area contributed by atoms with E-state index in [0.29, 0.717) is 12.0 Å². The summed E-state index contributed by atoms with van der Waals surface area (Å²) in [5, 5.41) is 6.52. The first kappa shape index (κ1) is 16.0. The van der Waals surface area contributed by atoms with Crippen molar-refractivity contribution in [1.29, 1.82) is 0 Å². The van der Waals surface area contributed by atoms with Crippen molar-refractivity contribution in [2.75, 3.05) is 5.32 Å². The average Bonchev–Trinajstić information content (AvgIpc) is 2.45. The normalized spacial score (nSPS) is 23.6. The van der Waals surface area contributed by atoms with Gasteiger partial charge in [-0.3, -0.25) is 4.79 Å². The molecule has 2 N–H and O–H groups in total. The number of carbonyl (C=O) groups is 1. The first-order valence-corrected chi connectivity index (χ1v) is 8.11. The fourth-order valence-electron chi connectivity index (χ4n) is 3.03. The minimum atomic E-state index is -0.155. The van der Waals surface area contributed by atoms with Crippen molar-refractivity contribution >= 4 is 11.6 Å². The molecule has 3 heteroatoms. The van der Waals surface area contributed by atoms with Gasteiger partial charge >= 0.3 is 0 Å². The molecule has 1 saturated carbocycles. The summed E-state index contributed by atoms with van der Waals surface area (Å²) < 4.78 is 0. The fraction of sp³-hybridized carbons (Fsp3) is 0.611. The van der Waals surface area contributed by atoms with E-state index in [0.717, 1.165) is 5.69 Å². The number of carbonyl (C=O) groups excluding carboxylic acids is 1. The third-order valence-electron chi connectivity index (χ3n) is 4.74. The SMILES string of the molecule is Cc1ccc(NC(=O)C(C)NC2CCCCC2C)cc1C. The smallest absolute Gasteiger partial charge is 0.241 e. The highest BCUT2D eigenvalue weighted by Crippen LogP contribution is 2.24. The number of amides is 1. The molecule has 0 radical (unpaired) electrons. The zero-order valence-electron chi connectivity index (χ0n) is 13.7. The molecular formula is C18H28N2O. The molecule has 0 spiro atoms. The Bertz CT molecular complexity index is 498. The molecule has 1 aliphatic carbocycles. The summed E-state index contributed by atoms with van der Waals surface area (Å²) in [6.45, 7) is 8.38. The molecule has 1 fully saturated rings. The largest absolute Gasteiger partial charge is 0.325 e. The second kappa shape index (κ2) is 7.08. The van der Waals surface area contributed by atoms with Gasteiger partial charge in [-0.1, -0.05) is 25.8 Å². The Labute approximate surface area is 128 Å². The van der Waals surface area contributed by atoms with Gasteiger partial charge in [0.2, 0.25) is 5.91 Å². The number of anilines is 1. The van der Waals surface area contributed by atoms with Gasteiger partial charge in [-0.05, 0) is 62.8 Å². The summed E-state index contributed by atoms with van der Waals surface area (Å²) in [6.07, 6.45) is 5.04. The van der Waals surface area contributed by atoms with E-state index in [2.05, 4.69) is 31.4 Å². The predicted molar refractivity (Wildman–Crippen MR) is 88.6 cm³/mol. The first-order valence-electron chi connectivity index (χ1n) is 8.11. The minimum Gasteiger partial charge on any atom is -0.325 e. The van der Waals surface area contributed by atoms with E-state index in [4.69, 9.17) is 0 Å². The van der Waals surface area contributed by atoms with Crippen molar-refractivity contribution in [2.45, 2.75) is 65.5 Å². The van der Waals surface area contributed by atoms with Gasteiger partial charge in [-0.25, -0.2) is 0 Å². The number of hydrogen-bond donors (Lipinski definition) is 2. The van der Waals surface area contributed by atoms with Crippen LogP contribution in [-0.4, -0.2) is 18.0 Å². The lowest BCUT2D eigenvalue weighted by atomic mass is 9.85. The molecule has 116 valence electrons. The number of aryl methyl sites for hydroxylation is 2. The van der Waals surface area contributed by atoms with Crippen LogP contribution in [0.3, 0.4) is 0 Å². The van der Waals surface area contributed by atoms with Crippen molar-refractivity contribution in [3.8, 4) is 0 Å². The molecule has 3 unspecified atom stereocenters. The van der Waals surface area contributed by atoms with Gasteiger partial charge in [0.15, 0.2) is 0 Å². The number of rotatable bonds is 4. The molecule has 1 aromatic rings. The van der Waals surface area contributed by atoms with E-state index in [9.17, 15) is 4.79 Å². The number of hydrogen-bond acceptors (Lipinski definition) is 2. The number of nitrogens with one attached hydrogen (secondary N) is 2. The van der Waals surface area contributed by atoms with Crippen LogP contribution in [0.1, 0.15) is 50.7 Å². The molecule has 1 aromatic carbocycles. The van der Waals surface area contributed by atoms with Crippen LogP contribution in [0.25, 0.3) is 0 Å². The van der Waals surface area contributed by atoms with Gasteiger partial charge in [-0.15, -0.1) is 0 Å². The van der Waals surface area contributed by atoms with E-state index < -0.39 is 0 Å². The Kier molecular flexibility index (Phi) is 5.40. The molecular weight excluding hydrogens is 260 g/mol. The maximum atomic E-state index is 12.3. The van der Waals surface area contributed by atoms with E-state index in [1.807, 2.05) is 25.1 Å². The van der Waals surface area contributed by atoms with E-state index in [1.165, 1.54) is 36.8 Å². The van der Waals surface area contributed by atoms with Gasteiger partial charge in [0.25, 0.3) is 0 Å². The summed E-state index contributed by atoms with van der Waals surface area (Å²) in [6, 6.07) is 6.36. The third kappa shape index (κ3) is 4.31. The summed E-state index contributed by atoms with van der Waals surface area (Å²) >= 11 is 0. The molecule has 0 bridgehead atoms. The van der Waals surface area contributed by atoms with Crippen LogP contribution in [0.5, 0.6) is 0 Å². The highest BCUT2D eigenvalue weighted by Gasteiger charge is 2.24. The van der Waals surface area contributed by atoms with Crippen LogP contribution in [0.4, 0.5) is 5.69 Å². The summed E-state index contributed by atoms with van der Waals surface area (Å²) in [5.74, 6) is 0.714. The Balaban J connectivity index is 1.91. The Morgan fingerprint density at radius 3 is 2.57 bits per heavy atom. The van der Waals surface area contributed by atoms with Gasteiger partial charge < -0.3 is 10.6 Å². The van der Waals surface area contributed by atoms with Crippen LogP contribution in [0.2, 0.25) is 0 Å². The van der Waals surface area contributed by atoms with Crippen LogP contribution >= 0.6 is 0 Å². The lowest BCUT2D eigenvalue weighted by Gasteiger charge is -2.31. The molecule has 3 atom stereocenters. The summed E-state index contributed by atoms with van der Waals surface area (Å²) in [5.41, 5.74) is 3.33. The molecule has 1 amide bonds. The van der Waals surface area contributed by atoms with Gasteiger partial charge in [0, 0.05) is 11.7 Å². The van der Waals surface area contributed by atoms with Crippen molar-refractivity contribution in [1.82, 2.24) is 5.32 Å². The fourth-order valence-corrected chi connectivity index (χ4v) is 3.03. The van der Waals surface area contributed by atoms with Crippen LogP contribution < -0.4 is 10.6 Å². The maximum Gasteiger partial charge on any atom is 0.241 e. The molecule has 1 aliphatic rings. The maximum absolute atomic E-state index is 12.3. The Hall–Kier alpha value is -1.35. The first-order chi connectivity index (χ1) is 9.97. The van der Waals surface area contributed by atoms with Crippen LogP contribution in [-0.2, 0) is 4.79 Å². The van der Waals surface area contributed by atoms with Crippen molar-refractivity contribution in [3.63, 3.8) is 0 Å². The topological polar surface area (TPSA) is 41.1 Å². The molecule has 2 rings (SSSR count). The second-order valence-electron chi connectivity index (χ2n) is 6.54. The minimum absolute atomic E-state index is 0.0519. The van der Waals surface area contributed by atoms with Crippen molar-refractivity contribution in [2.24, 2.45) is 5.92 Å². The average molecular weight is 288 g/mol. The van der Waals surface area contributed by atoms with Crippen LogP contribution in [0, 0.1) is 19.8 Å². The van der Waals surface area contributed by atoms with Crippen molar-refractivity contribution in [3.05, 3.63) is 29.3 Å². The molecule has 3 nitrogen and oxygen atoms in total. The molecule has 0 saturated heterocycles. The molecule has 0 aliphatic heterocycles. The monoisotopic (exact) mass is 288 g/mol. The lowest BCUT2D eigenvalue weighted by Crippen LogP contribution is -2.47. The quantitative estimate of drug-likeness (QED) is 0.885. The number of benzene rings is 1. The van der Waals surface area contributed by atoms with Crippen LogP contribution in [0.15, 0.2) is 18.2 Å². The molecule has 21 heavy (non-hydrogen) atoms. The molecule has 0 aromatic heterocycles. The van der Waals surface area contributed by atoms with E-state index in [-0.39, 0.29) is 11.9 Å². The van der Waals surface area contributed by atoms with Gasteiger partial charge in [0.1, 0.15) is 0 Å². The second-order valence-corrected chi connectivity index (χ2v) is 6.54. The van der Waals surface area contributed by atoms with E-state index >= 15 is 0 Å².